The molecular formula is C12H18Cl2N4O. The van der Waals surface area contributed by atoms with Gasteiger partial charge >= 0.3 is 0 Å². The minimum atomic E-state index is -0.0251. The molecule has 7 heteroatoms. The maximum atomic E-state index is 12.4. The Balaban J connectivity index is 0.00000180. The van der Waals surface area contributed by atoms with E-state index in [1.807, 2.05) is 11.9 Å². The molecule has 1 saturated heterocycles. The number of hydrogen-bond donors (Lipinski definition) is 1. The summed E-state index contributed by atoms with van der Waals surface area (Å²) in [5, 5.41) is 0.333. The van der Waals surface area contributed by atoms with Gasteiger partial charge in [0, 0.05) is 37.9 Å². The fraction of sp³-hybridized carbons (Fsp3) is 0.500. The zero-order valence-electron chi connectivity index (χ0n) is 10.8. The minimum absolute atomic E-state index is 0. The zero-order valence-corrected chi connectivity index (χ0v) is 12.3. The average Bonchev–Trinajstić information content (AvgIpc) is 2.37. The van der Waals surface area contributed by atoms with Crippen molar-refractivity contribution in [2.75, 3.05) is 33.2 Å². The summed E-state index contributed by atoms with van der Waals surface area (Å²) in [5.41, 5.74) is 6.31. The summed E-state index contributed by atoms with van der Waals surface area (Å²) in [4.78, 5) is 20.3. The second kappa shape index (κ2) is 7.05. The van der Waals surface area contributed by atoms with Gasteiger partial charge in [-0.1, -0.05) is 11.6 Å². The lowest BCUT2D eigenvalue weighted by Gasteiger charge is -2.39. The van der Waals surface area contributed by atoms with Crippen molar-refractivity contribution in [1.82, 2.24) is 14.8 Å². The van der Waals surface area contributed by atoms with E-state index in [0.717, 1.165) is 13.1 Å². The number of aromatic nitrogens is 1. The molecule has 1 aromatic heterocycles. The standard InChI is InChI=1S/C12H17ClN4O.ClH/c1-16-4-5-17(10(7-14)8-16)12(18)9-2-3-15-11(13)6-9;/h2-3,6,10H,4-5,7-8,14H2,1H3;1H. The summed E-state index contributed by atoms with van der Waals surface area (Å²) in [6.07, 6.45) is 1.54. The van der Waals surface area contributed by atoms with Gasteiger partial charge in [-0.25, -0.2) is 4.98 Å². The van der Waals surface area contributed by atoms with Crippen LogP contribution in [0, 0.1) is 0 Å². The van der Waals surface area contributed by atoms with Crippen LogP contribution in [-0.2, 0) is 0 Å². The molecule has 0 aromatic carbocycles. The summed E-state index contributed by atoms with van der Waals surface area (Å²) in [7, 11) is 2.04. The van der Waals surface area contributed by atoms with Gasteiger partial charge in [0.2, 0.25) is 0 Å². The molecule has 1 aliphatic heterocycles. The van der Waals surface area contributed by atoms with Crippen LogP contribution in [0.3, 0.4) is 0 Å². The molecule has 0 aliphatic carbocycles. The van der Waals surface area contributed by atoms with Crippen LogP contribution in [0.5, 0.6) is 0 Å². The maximum absolute atomic E-state index is 12.4. The van der Waals surface area contributed by atoms with E-state index >= 15 is 0 Å². The van der Waals surface area contributed by atoms with Gasteiger partial charge < -0.3 is 15.5 Å². The van der Waals surface area contributed by atoms with E-state index in [2.05, 4.69) is 9.88 Å². The highest BCUT2D eigenvalue weighted by molar-refractivity contribution is 6.29. The Bertz CT molecular complexity index is 443. The van der Waals surface area contributed by atoms with Gasteiger partial charge in [-0.2, -0.15) is 0 Å². The first-order valence-corrected chi connectivity index (χ1v) is 6.30. The van der Waals surface area contributed by atoms with Crippen molar-refractivity contribution in [2.45, 2.75) is 6.04 Å². The predicted molar refractivity (Wildman–Crippen MR) is 77.9 cm³/mol. The third-order valence-electron chi connectivity index (χ3n) is 3.19. The van der Waals surface area contributed by atoms with Gasteiger partial charge in [-0.05, 0) is 19.2 Å². The number of amides is 1. The first-order valence-electron chi connectivity index (χ1n) is 5.93. The highest BCUT2D eigenvalue weighted by atomic mass is 35.5. The van der Waals surface area contributed by atoms with Crippen LogP contribution in [0.1, 0.15) is 10.4 Å². The molecule has 0 bridgehead atoms. The largest absolute Gasteiger partial charge is 0.332 e. The number of pyridine rings is 1. The van der Waals surface area contributed by atoms with Crippen molar-refractivity contribution < 1.29 is 4.79 Å². The van der Waals surface area contributed by atoms with Crippen molar-refractivity contribution in [3.63, 3.8) is 0 Å². The molecule has 106 valence electrons. The van der Waals surface area contributed by atoms with Crippen LogP contribution in [0.15, 0.2) is 18.3 Å². The molecule has 2 heterocycles. The smallest absolute Gasteiger partial charge is 0.254 e. The van der Waals surface area contributed by atoms with Gasteiger partial charge in [0.1, 0.15) is 5.15 Å². The van der Waals surface area contributed by atoms with Crippen LogP contribution in [0.25, 0.3) is 0 Å². The number of carbonyl (C=O) groups is 1. The van der Waals surface area contributed by atoms with E-state index in [9.17, 15) is 4.79 Å². The Morgan fingerprint density at radius 1 is 1.58 bits per heavy atom. The van der Waals surface area contributed by atoms with Crippen LogP contribution in [-0.4, -0.2) is 60.0 Å². The first kappa shape index (κ1) is 16.2. The van der Waals surface area contributed by atoms with Crippen molar-refractivity contribution >= 4 is 29.9 Å². The number of carbonyl (C=O) groups excluding carboxylic acids is 1. The van der Waals surface area contributed by atoms with E-state index in [4.69, 9.17) is 17.3 Å². The zero-order chi connectivity index (χ0) is 13.1. The SMILES string of the molecule is CN1CCN(C(=O)c2ccnc(Cl)c2)C(CN)C1.Cl. The van der Waals surface area contributed by atoms with Crippen molar-refractivity contribution in [1.29, 1.82) is 0 Å². The Kier molecular flexibility index (Phi) is 6.00. The monoisotopic (exact) mass is 304 g/mol. The second-order valence-electron chi connectivity index (χ2n) is 4.52. The number of halogens is 2. The number of rotatable bonds is 2. The molecule has 1 amide bonds. The molecule has 19 heavy (non-hydrogen) atoms. The summed E-state index contributed by atoms with van der Waals surface area (Å²) in [6.45, 7) is 2.83. The van der Waals surface area contributed by atoms with E-state index in [0.29, 0.717) is 23.8 Å². The Hall–Kier alpha value is -0.880. The van der Waals surface area contributed by atoms with Crippen LogP contribution in [0.4, 0.5) is 0 Å². The highest BCUT2D eigenvalue weighted by Gasteiger charge is 2.28. The molecule has 0 saturated carbocycles. The summed E-state index contributed by atoms with van der Waals surface area (Å²) >= 11 is 5.81. The average molecular weight is 305 g/mol. The Morgan fingerprint density at radius 3 is 2.95 bits per heavy atom. The fourth-order valence-electron chi connectivity index (χ4n) is 2.18. The van der Waals surface area contributed by atoms with Gasteiger partial charge in [0.25, 0.3) is 5.91 Å². The molecule has 1 aromatic rings. The van der Waals surface area contributed by atoms with E-state index in [1.54, 1.807) is 18.3 Å². The predicted octanol–water partition coefficient (Wildman–Crippen LogP) is 0.872. The maximum Gasteiger partial charge on any atom is 0.254 e. The second-order valence-corrected chi connectivity index (χ2v) is 4.90. The van der Waals surface area contributed by atoms with Gasteiger partial charge in [0.05, 0.1) is 6.04 Å². The molecule has 5 nitrogen and oxygen atoms in total. The van der Waals surface area contributed by atoms with E-state index < -0.39 is 0 Å². The summed E-state index contributed by atoms with van der Waals surface area (Å²) in [5.74, 6) is -0.0251. The first-order chi connectivity index (χ1) is 8.61. The lowest BCUT2D eigenvalue weighted by molar-refractivity contribution is 0.0516. The number of nitrogens with two attached hydrogens (primary N) is 1. The Labute approximate surface area is 124 Å². The molecule has 0 spiro atoms. The fourth-order valence-corrected chi connectivity index (χ4v) is 2.35. The lowest BCUT2D eigenvalue weighted by atomic mass is 10.1. The topological polar surface area (TPSA) is 62.5 Å². The van der Waals surface area contributed by atoms with E-state index in [-0.39, 0.29) is 24.4 Å². The van der Waals surface area contributed by atoms with Crippen LogP contribution >= 0.6 is 24.0 Å². The number of likely N-dealkylation sites (N-methyl/N-ethyl adjacent to an activating group) is 1. The molecular weight excluding hydrogens is 287 g/mol. The quantitative estimate of drug-likeness (QED) is 0.824. The molecule has 1 aliphatic rings. The van der Waals surface area contributed by atoms with Crippen molar-refractivity contribution in [3.05, 3.63) is 29.0 Å². The van der Waals surface area contributed by atoms with Crippen LogP contribution in [0.2, 0.25) is 5.15 Å². The number of hydrogen-bond acceptors (Lipinski definition) is 4. The third-order valence-corrected chi connectivity index (χ3v) is 3.40. The number of nitrogens with zero attached hydrogens (tertiary/aromatic N) is 3. The van der Waals surface area contributed by atoms with Gasteiger partial charge in [0.15, 0.2) is 0 Å². The van der Waals surface area contributed by atoms with Crippen LogP contribution < -0.4 is 5.73 Å². The normalized spacial score (nSPS) is 19.9. The molecule has 0 radical (unpaired) electrons. The molecule has 1 atom stereocenters. The minimum Gasteiger partial charge on any atom is -0.332 e. The van der Waals surface area contributed by atoms with E-state index in [1.165, 1.54) is 0 Å². The van der Waals surface area contributed by atoms with Gasteiger partial charge in [-0.3, -0.25) is 4.79 Å². The molecule has 1 fully saturated rings. The molecule has 1 unspecified atom stereocenters. The Morgan fingerprint density at radius 2 is 2.32 bits per heavy atom. The lowest BCUT2D eigenvalue weighted by Crippen LogP contribution is -2.56. The summed E-state index contributed by atoms with van der Waals surface area (Å²) < 4.78 is 0. The number of piperazine rings is 1. The third kappa shape index (κ3) is 3.79. The molecule has 2 N–H and O–H groups in total. The van der Waals surface area contributed by atoms with Crippen molar-refractivity contribution in [2.24, 2.45) is 5.73 Å². The van der Waals surface area contributed by atoms with Gasteiger partial charge in [-0.15, -0.1) is 12.4 Å². The highest BCUT2D eigenvalue weighted by Crippen LogP contribution is 2.14. The summed E-state index contributed by atoms with van der Waals surface area (Å²) in [6, 6.07) is 3.33. The van der Waals surface area contributed by atoms with Crippen molar-refractivity contribution in [3.8, 4) is 0 Å². The molecule has 2 rings (SSSR count).